The van der Waals surface area contributed by atoms with Crippen LogP contribution in [-0.2, 0) is 11.4 Å². The Morgan fingerprint density at radius 2 is 1.86 bits per heavy atom. The number of imide groups is 1. The molecule has 0 N–H and O–H groups in total. The molecule has 2 aromatic rings. The summed E-state index contributed by atoms with van der Waals surface area (Å²) in [5, 5.41) is 0.467. The van der Waals surface area contributed by atoms with Crippen molar-refractivity contribution in [3.05, 3.63) is 64.6 Å². The van der Waals surface area contributed by atoms with Crippen LogP contribution in [0.3, 0.4) is 0 Å². The van der Waals surface area contributed by atoms with Crippen LogP contribution in [0.1, 0.15) is 24.5 Å². The number of ether oxygens (including phenoxy) is 1. The molecule has 0 saturated carbocycles. The second-order valence-electron chi connectivity index (χ2n) is 6.03. The highest BCUT2D eigenvalue weighted by molar-refractivity contribution is 14.1. The minimum atomic E-state index is -0.221. The van der Waals surface area contributed by atoms with Gasteiger partial charge in [-0.15, -0.1) is 0 Å². The third kappa shape index (κ3) is 5.03. The molecule has 28 heavy (non-hydrogen) atoms. The molecule has 1 fully saturated rings. The number of nitrogens with zero attached hydrogens (tertiary/aromatic N) is 1. The van der Waals surface area contributed by atoms with Gasteiger partial charge in [-0.05, 0) is 93.2 Å². The lowest BCUT2D eigenvalue weighted by atomic mass is 10.2. The zero-order chi connectivity index (χ0) is 20.3. The van der Waals surface area contributed by atoms with Gasteiger partial charge in [0.05, 0.1) is 12.0 Å². The molecule has 8 heteroatoms. The Balaban J connectivity index is 1.79. The first-order valence-corrected chi connectivity index (χ1v) is 11.9. The molecule has 1 saturated heterocycles. The van der Waals surface area contributed by atoms with E-state index in [4.69, 9.17) is 16.3 Å². The summed E-state index contributed by atoms with van der Waals surface area (Å²) in [7, 11) is 0. The van der Waals surface area contributed by atoms with Crippen molar-refractivity contribution in [2.75, 3.05) is 6.54 Å². The van der Waals surface area contributed by atoms with Gasteiger partial charge < -0.3 is 4.74 Å². The second kappa shape index (κ2) is 9.82. The highest BCUT2D eigenvalue weighted by Gasteiger charge is 2.34. The summed E-state index contributed by atoms with van der Waals surface area (Å²) >= 11 is 11.6. The zero-order valence-electron chi connectivity index (χ0n) is 14.9. The van der Waals surface area contributed by atoms with Crippen LogP contribution in [0.5, 0.6) is 5.75 Å². The lowest BCUT2D eigenvalue weighted by molar-refractivity contribution is -0.122. The fraction of sp³-hybridized carbons (Fsp3) is 0.200. The molecule has 3 rings (SSSR count). The van der Waals surface area contributed by atoms with E-state index in [9.17, 15) is 9.59 Å². The van der Waals surface area contributed by atoms with Gasteiger partial charge in [-0.1, -0.05) is 36.7 Å². The maximum atomic E-state index is 12.4. The summed E-state index contributed by atoms with van der Waals surface area (Å²) in [5.74, 6) is 0.554. The fourth-order valence-corrected chi connectivity index (χ4v) is 5.82. The van der Waals surface area contributed by atoms with Gasteiger partial charge in [0.1, 0.15) is 12.4 Å². The number of rotatable bonds is 6. The molecule has 0 atom stereocenters. The molecule has 0 aliphatic carbocycles. The van der Waals surface area contributed by atoms with Crippen LogP contribution in [0.15, 0.2) is 41.3 Å². The van der Waals surface area contributed by atoms with Crippen molar-refractivity contribution >= 4 is 85.8 Å². The van der Waals surface area contributed by atoms with Gasteiger partial charge in [-0.3, -0.25) is 14.5 Å². The van der Waals surface area contributed by atoms with E-state index >= 15 is 0 Å². The number of benzene rings is 2. The van der Waals surface area contributed by atoms with Gasteiger partial charge >= 0.3 is 0 Å². The summed E-state index contributed by atoms with van der Waals surface area (Å²) < 4.78 is 7.84. The Hall–Kier alpha value is -0.780. The van der Waals surface area contributed by atoms with Crippen molar-refractivity contribution in [1.29, 1.82) is 0 Å². The highest BCUT2D eigenvalue weighted by atomic mass is 127. The van der Waals surface area contributed by atoms with E-state index in [1.54, 1.807) is 6.08 Å². The molecule has 2 amide bonds. The lowest BCUT2D eigenvalue weighted by Gasteiger charge is -2.12. The van der Waals surface area contributed by atoms with E-state index in [-0.39, 0.29) is 11.1 Å². The monoisotopic (exact) mass is 639 g/mol. The number of carbonyl (C=O) groups excluding carboxylic acids is 2. The molecule has 0 unspecified atom stereocenters. The minimum Gasteiger partial charge on any atom is -0.487 e. The number of thioether (sulfide) groups is 1. The molecule has 4 nitrogen and oxygen atoms in total. The SMILES string of the molecule is CCCN1C(=O)S/C(=C/c2cc(I)c(OCc3ccccc3Cl)c(I)c2)C1=O. The van der Waals surface area contributed by atoms with Crippen LogP contribution in [0.4, 0.5) is 4.79 Å². The number of halogens is 3. The summed E-state index contributed by atoms with van der Waals surface area (Å²) in [6.07, 6.45) is 2.52. The summed E-state index contributed by atoms with van der Waals surface area (Å²) in [6.45, 7) is 2.77. The van der Waals surface area contributed by atoms with Crippen LogP contribution >= 0.6 is 68.5 Å². The van der Waals surface area contributed by atoms with Crippen LogP contribution in [-0.4, -0.2) is 22.6 Å². The quantitative estimate of drug-likeness (QED) is 0.265. The average Bonchev–Trinajstić information content (AvgIpc) is 2.90. The number of carbonyl (C=O) groups is 2. The van der Waals surface area contributed by atoms with Crippen molar-refractivity contribution < 1.29 is 14.3 Å². The standard InChI is InChI=1S/C20H16ClI2NO3S/c1-2-7-24-19(25)17(28-20(24)26)10-12-8-15(22)18(16(23)9-12)27-11-13-5-3-4-6-14(13)21/h3-6,8-10H,2,7,11H2,1H3/b17-10+. The molecule has 0 spiro atoms. The Morgan fingerprint density at radius 1 is 1.18 bits per heavy atom. The molecule has 1 aliphatic rings. The van der Waals surface area contributed by atoms with Crippen LogP contribution in [0.25, 0.3) is 6.08 Å². The Labute approximate surface area is 200 Å². The molecule has 0 aromatic heterocycles. The van der Waals surface area contributed by atoms with Crippen LogP contribution < -0.4 is 4.74 Å². The van der Waals surface area contributed by atoms with E-state index in [1.165, 1.54) is 4.90 Å². The number of amides is 2. The van der Waals surface area contributed by atoms with Crippen LogP contribution in [0, 0.1) is 7.14 Å². The predicted molar refractivity (Wildman–Crippen MR) is 131 cm³/mol. The van der Waals surface area contributed by atoms with Gasteiger partial charge in [-0.2, -0.15) is 0 Å². The van der Waals surface area contributed by atoms with E-state index in [2.05, 4.69) is 45.2 Å². The van der Waals surface area contributed by atoms with Crippen molar-refractivity contribution in [2.45, 2.75) is 20.0 Å². The molecular formula is C20H16ClI2NO3S. The summed E-state index contributed by atoms with van der Waals surface area (Å²) in [5.41, 5.74) is 1.78. The first-order valence-electron chi connectivity index (χ1n) is 8.51. The topological polar surface area (TPSA) is 46.6 Å². The van der Waals surface area contributed by atoms with Gasteiger partial charge in [0.2, 0.25) is 0 Å². The van der Waals surface area contributed by atoms with Gasteiger partial charge in [0.15, 0.2) is 0 Å². The molecule has 2 aromatic carbocycles. The Morgan fingerprint density at radius 3 is 2.50 bits per heavy atom. The van der Waals surface area contributed by atoms with Gasteiger partial charge in [-0.25, -0.2) is 0 Å². The van der Waals surface area contributed by atoms with Gasteiger partial charge in [0, 0.05) is 17.1 Å². The molecule has 146 valence electrons. The first-order chi connectivity index (χ1) is 13.4. The van der Waals surface area contributed by atoms with Crippen molar-refractivity contribution in [3.63, 3.8) is 0 Å². The van der Waals surface area contributed by atoms with E-state index in [1.807, 2.05) is 43.3 Å². The lowest BCUT2D eigenvalue weighted by Crippen LogP contribution is -2.28. The average molecular weight is 640 g/mol. The van der Waals surface area contributed by atoms with Crippen LogP contribution in [0.2, 0.25) is 5.02 Å². The maximum absolute atomic E-state index is 12.4. The number of hydrogen-bond donors (Lipinski definition) is 0. The van der Waals surface area contributed by atoms with E-state index < -0.39 is 0 Å². The van der Waals surface area contributed by atoms with Crippen molar-refractivity contribution in [2.24, 2.45) is 0 Å². The van der Waals surface area contributed by atoms with Crippen molar-refractivity contribution in [3.8, 4) is 5.75 Å². The number of hydrogen-bond acceptors (Lipinski definition) is 4. The van der Waals surface area contributed by atoms with E-state index in [0.717, 1.165) is 42.2 Å². The third-order valence-corrected chi connectivity index (χ3v) is 6.85. The molecule has 1 heterocycles. The minimum absolute atomic E-state index is 0.206. The largest absolute Gasteiger partial charge is 0.487 e. The van der Waals surface area contributed by atoms with Crippen molar-refractivity contribution in [1.82, 2.24) is 4.90 Å². The second-order valence-corrected chi connectivity index (χ2v) is 9.75. The first kappa shape index (κ1) is 21.9. The normalized spacial score (nSPS) is 15.6. The van der Waals surface area contributed by atoms with E-state index in [0.29, 0.717) is 23.1 Å². The maximum Gasteiger partial charge on any atom is 0.293 e. The summed E-state index contributed by atoms with van der Waals surface area (Å²) in [4.78, 5) is 26.2. The fourth-order valence-electron chi connectivity index (χ4n) is 2.63. The Kier molecular flexibility index (Phi) is 7.68. The molecule has 0 radical (unpaired) electrons. The smallest absolute Gasteiger partial charge is 0.293 e. The highest BCUT2D eigenvalue weighted by Crippen LogP contribution is 2.35. The molecular weight excluding hydrogens is 624 g/mol. The van der Waals surface area contributed by atoms with Gasteiger partial charge in [0.25, 0.3) is 11.1 Å². The predicted octanol–water partition coefficient (Wildman–Crippen LogP) is 6.57. The molecule has 0 bridgehead atoms. The Bertz CT molecular complexity index is 941. The third-order valence-electron chi connectivity index (χ3n) is 3.97. The zero-order valence-corrected chi connectivity index (χ0v) is 20.8. The molecule has 1 aliphatic heterocycles. The summed E-state index contributed by atoms with van der Waals surface area (Å²) in [6, 6.07) is 11.5.